The number of piperazine rings is 1. The number of nitrogens with zero attached hydrogens (tertiary/aromatic N) is 5. The summed E-state index contributed by atoms with van der Waals surface area (Å²) in [5.41, 5.74) is 2.76. The van der Waals surface area contributed by atoms with Crippen LogP contribution in [0.2, 0.25) is 10.0 Å². The summed E-state index contributed by atoms with van der Waals surface area (Å²) >= 11 is 12.0. The highest BCUT2D eigenvalue weighted by Crippen LogP contribution is 2.20. The lowest BCUT2D eigenvalue weighted by Crippen LogP contribution is -2.50. The van der Waals surface area contributed by atoms with Crippen molar-refractivity contribution in [1.82, 2.24) is 30.1 Å². The quantitative estimate of drug-likeness (QED) is 0.565. The van der Waals surface area contributed by atoms with Crippen molar-refractivity contribution in [2.45, 2.75) is 6.54 Å². The number of H-pyrrole nitrogens is 1. The van der Waals surface area contributed by atoms with Crippen LogP contribution in [0.1, 0.15) is 15.9 Å². The van der Waals surface area contributed by atoms with Crippen LogP contribution in [0.5, 0.6) is 0 Å². The first kappa shape index (κ1) is 22.3. The van der Waals surface area contributed by atoms with Crippen molar-refractivity contribution >= 4 is 46.2 Å². The van der Waals surface area contributed by atoms with Gasteiger partial charge in [-0.05, 0) is 42.0 Å². The molecule has 168 valence electrons. The maximum Gasteiger partial charge on any atom is 0.407 e. The van der Waals surface area contributed by atoms with Gasteiger partial charge >= 0.3 is 6.09 Å². The third-order valence-electron chi connectivity index (χ3n) is 5.48. The third-order valence-corrected chi connectivity index (χ3v) is 5.92. The number of nitrogens with one attached hydrogen (secondary N) is 1. The zero-order chi connectivity index (χ0) is 22.7. The van der Waals surface area contributed by atoms with Crippen LogP contribution < -0.4 is 0 Å². The van der Waals surface area contributed by atoms with Gasteiger partial charge in [-0.15, -0.1) is 5.10 Å². The second-order valence-corrected chi connectivity index (χ2v) is 8.53. The average Bonchev–Trinajstić information content (AvgIpc) is 3.23. The van der Waals surface area contributed by atoms with E-state index in [-0.39, 0.29) is 12.5 Å². The summed E-state index contributed by atoms with van der Waals surface area (Å²) in [6, 6.07) is 10.3. The number of aromatic nitrogens is 3. The maximum absolute atomic E-state index is 12.8. The Morgan fingerprint density at radius 2 is 1.78 bits per heavy atom. The molecule has 2 aromatic carbocycles. The van der Waals surface area contributed by atoms with Gasteiger partial charge in [0.05, 0.1) is 5.52 Å². The van der Waals surface area contributed by atoms with Crippen LogP contribution >= 0.6 is 23.2 Å². The first-order chi connectivity index (χ1) is 15.4. The van der Waals surface area contributed by atoms with Crippen LogP contribution in [0.25, 0.3) is 11.0 Å². The lowest BCUT2D eigenvalue weighted by atomic mass is 10.1. The lowest BCUT2D eigenvalue weighted by Gasteiger charge is -2.35. The summed E-state index contributed by atoms with van der Waals surface area (Å²) in [5.74, 6) is -0.0421. The Balaban J connectivity index is 1.29. The third kappa shape index (κ3) is 5.29. The normalized spacial score (nSPS) is 14.6. The van der Waals surface area contributed by atoms with Crippen molar-refractivity contribution in [2.24, 2.45) is 0 Å². The number of carbonyl (C=O) groups excluding carboxylic acids is 1. The monoisotopic (exact) mass is 476 g/mol. The first-order valence-electron chi connectivity index (χ1n) is 10.1. The highest BCUT2D eigenvalue weighted by molar-refractivity contribution is 6.34. The molecule has 0 radical (unpaired) electrons. The number of carbonyl (C=O) groups is 2. The Morgan fingerprint density at radius 1 is 1.06 bits per heavy atom. The summed E-state index contributed by atoms with van der Waals surface area (Å²) in [6.07, 6.45) is -1.00. The number of amides is 2. The van der Waals surface area contributed by atoms with Gasteiger partial charge in [-0.2, -0.15) is 0 Å². The summed E-state index contributed by atoms with van der Waals surface area (Å²) in [5, 5.41) is 21.0. The fourth-order valence-electron chi connectivity index (χ4n) is 3.76. The molecule has 11 heteroatoms. The Hall–Kier alpha value is -2.88. The van der Waals surface area contributed by atoms with E-state index in [0.717, 1.165) is 11.1 Å². The zero-order valence-electron chi connectivity index (χ0n) is 17.2. The number of hydrogen-bond donors (Lipinski definition) is 2. The molecule has 0 aliphatic carbocycles. The molecule has 1 aliphatic heterocycles. The molecule has 32 heavy (non-hydrogen) atoms. The first-order valence-corrected chi connectivity index (χ1v) is 10.9. The van der Waals surface area contributed by atoms with Crippen LogP contribution in [-0.2, 0) is 6.54 Å². The van der Waals surface area contributed by atoms with E-state index < -0.39 is 6.09 Å². The number of aromatic amines is 1. The predicted molar refractivity (Wildman–Crippen MR) is 121 cm³/mol. The molecule has 0 unspecified atom stereocenters. The smallest absolute Gasteiger partial charge is 0.407 e. The van der Waals surface area contributed by atoms with Gasteiger partial charge < -0.3 is 14.9 Å². The van der Waals surface area contributed by atoms with E-state index in [1.165, 1.54) is 4.90 Å². The number of rotatable bonds is 6. The average molecular weight is 477 g/mol. The SMILES string of the molecule is O=C(O)N(CCN1CCN(C(=O)c2ccc3[nH]nnc3c2)CC1)Cc1cc(Cl)cc(Cl)c1. The molecule has 2 heterocycles. The van der Waals surface area contributed by atoms with Crippen LogP contribution in [0.4, 0.5) is 4.79 Å². The standard InChI is InChI=1S/C21H22Cl2N6O3/c22-16-9-14(10-17(23)12-16)13-29(21(31)32)8-5-27-3-6-28(7-4-27)20(30)15-1-2-18-19(11-15)25-26-24-18/h1-2,9-12H,3-8,13H2,(H,31,32)(H,24,25,26). The molecule has 1 aromatic heterocycles. The number of hydrogen-bond acceptors (Lipinski definition) is 5. The highest BCUT2D eigenvalue weighted by atomic mass is 35.5. The highest BCUT2D eigenvalue weighted by Gasteiger charge is 2.23. The molecule has 1 aliphatic rings. The van der Waals surface area contributed by atoms with E-state index in [1.54, 1.807) is 41.3 Å². The van der Waals surface area contributed by atoms with Crippen molar-refractivity contribution in [3.05, 3.63) is 57.6 Å². The molecule has 0 atom stereocenters. The van der Waals surface area contributed by atoms with Crippen LogP contribution in [0.15, 0.2) is 36.4 Å². The Kier molecular flexibility index (Phi) is 6.78. The fourth-order valence-corrected chi connectivity index (χ4v) is 4.33. The molecular formula is C21H22Cl2N6O3. The Labute approximate surface area is 194 Å². The van der Waals surface area contributed by atoms with E-state index in [1.807, 2.05) is 0 Å². The second-order valence-electron chi connectivity index (χ2n) is 7.66. The van der Waals surface area contributed by atoms with Crippen LogP contribution in [0.3, 0.4) is 0 Å². The second kappa shape index (κ2) is 9.72. The van der Waals surface area contributed by atoms with Gasteiger partial charge in [0.1, 0.15) is 5.52 Å². The Bertz CT molecular complexity index is 1110. The molecule has 0 spiro atoms. The predicted octanol–water partition coefficient (Wildman–Crippen LogP) is 3.20. The molecule has 2 N–H and O–H groups in total. The van der Waals surface area contributed by atoms with Crippen molar-refractivity contribution in [1.29, 1.82) is 0 Å². The topological polar surface area (TPSA) is 106 Å². The molecule has 3 aromatic rings. The Morgan fingerprint density at radius 3 is 2.47 bits per heavy atom. The molecular weight excluding hydrogens is 455 g/mol. The molecule has 0 saturated carbocycles. The van der Waals surface area contributed by atoms with Crippen molar-refractivity contribution in [2.75, 3.05) is 39.3 Å². The van der Waals surface area contributed by atoms with Gasteiger partial charge in [0.25, 0.3) is 5.91 Å². The van der Waals surface area contributed by atoms with E-state index in [0.29, 0.717) is 60.4 Å². The van der Waals surface area contributed by atoms with Gasteiger partial charge in [0.15, 0.2) is 0 Å². The maximum atomic E-state index is 12.8. The molecule has 9 nitrogen and oxygen atoms in total. The van der Waals surface area contributed by atoms with Gasteiger partial charge in [-0.25, -0.2) is 4.79 Å². The number of carboxylic acid groups (broad SMARTS) is 1. The van der Waals surface area contributed by atoms with Crippen molar-refractivity contribution in [3.63, 3.8) is 0 Å². The minimum Gasteiger partial charge on any atom is -0.465 e. The molecule has 4 rings (SSSR count). The number of benzene rings is 2. The van der Waals surface area contributed by atoms with Gasteiger partial charge in [-0.3, -0.25) is 14.8 Å². The van der Waals surface area contributed by atoms with Gasteiger partial charge in [0.2, 0.25) is 0 Å². The minimum absolute atomic E-state index is 0.0421. The fraction of sp³-hybridized carbons (Fsp3) is 0.333. The van der Waals surface area contributed by atoms with Crippen LogP contribution in [-0.4, -0.2) is 86.5 Å². The van der Waals surface area contributed by atoms with Crippen molar-refractivity contribution < 1.29 is 14.7 Å². The van der Waals surface area contributed by atoms with E-state index in [9.17, 15) is 14.7 Å². The van der Waals surface area contributed by atoms with Crippen molar-refractivity contribution in [3.8, 4) is 0 Å². The minimum atomic E-state index is -1.00. The summed E-state index contributed by atoms with van der Waals surface area (Å²) in [6.45, 7) is 3.63. The number of fused-ring (bicyclic) bond motifs is 1. The summed E-state index contributed by atoms with van der Waals surface area (Å²) < 4.78 is 0. The molecule has 0 bridgehead atoms. The molecule has 1 saturated heterocycles. The molecule has 2 amide bonds. The van der Waals surface area contributed by atoms with Crippen LogP contribution in [0, 0.1) is 0 Å². The van der Waals surface area contributed by atoms with E-state index in [4.69, 9.17) is 23.2 Å². The van der Waals surface area contributed by atoms with E-state index in [2.05, 4.69) is 20.3 Å². The zero-order valence-corrected chi connectivity index (χ0v) is 18.7. The lowest BCUT2D eigenvalue weighted by molar-refractivity contribution is 0.0622. The number of halogens is 2. The summed E-state index contributed by atoms with van der Waals surface area (Å²) in [4.78, 5) is 29.8. The molecule has 1 fully saturated rings. The summed E-state index contributed by atoms with van der Waals surface area (Å²) in [7, 11) is 0. The van der Waals surface area contributed by atoms with Gasteiger partial charge in [0, 0.05) is 61.4 Å². The van der Waals surface area contributed by atoms with E-state index >= 15 is 0 Å². The van der Waals surface area contributed by atoms with Gasteiger partial charge in [-0.1, -0.05) is 28.4 Å². The largest absolute Gasteiger partial charge is 0.465 e.